The Bertz CT molecular complexity index is 1850. The van der Waals surface area contributed by atoms with Gasteiger partial charge in [-0.15, -0.1) is 0 Å². The van der Waals surface area contributed by atoms with Gasteiger partial charge in [-0.1, -0.05) is 126 Å². The minimum atomic E-state index is -3.18. The molecule has 0 bridgehead atoms. The summed E-state index contributed by atoms with van der Waals surface area (Å²) in [5.74, 6) is 0. The molecule has 0 unspecified atom stereocenters. The molecular formula is C38H36O2P2. The van der Waals surface area contributed by atoms with Crippen molar-refractivity contribution in [2.75, 3.05) is 0 Å². The molecule has 4 heteroatoms. The van der Waals surface area contributed by atoms with Gasteiger partial charge < -0.3 is 9.13 Å². The van der Waals surface area contributed by atoms with Gasteiger partial charge in [0.05, 0.1) is 0 Å². The first-order valence-electron chi connectivity index (χ1n) is 14.7. The second kappa shape index (κ2) is 9.03. The largest absolute Gasteiger partial charge is 0.309 e. The van der Waals surface area contributed by atoms with Gasteiger partial charge in [0.2, 0.25) is 0 Å². The Morgan fingerprint density at radius 1 is 0.405 bits per heavy atom. The van der Waals surface area contributed by atoms with Crippen LogP contribution in [0.1, 0.15) is 52.7 Å². The number of rotatable bonds is 2. The first-order valence-corrected chi connectivity index (χ1v) is 18.1. The number of benzene rings is 5. The fourth-order valence-corrected chi connectivity index (χ4v) is 12.8. The molecule has 5 aromatic carbocycles. The summed E-state index contributed by atoms with van der Waals surface area (Å²) in [6.45, 7) is 13.2. The van der Waals surface area contributed by atoms with Crippen molar-refractivity contribution in [2.24, 2.45) is 0 Å². The van der Waals surface area contributed by atoms with Gasteiger partial charge in [0.25, 0.3) is 0 Å². The van der Waals surface area contributed by atoms with E-state index in [1.165, 1.54) is 0 Å². The molecule has 7 rings (SSSR count). The lowest BCUT2D eigenvalue weighted by Gasteiger charge is -2.22. The second-order valence-electron chi connectivity index (χ2n) is 13.7. The van der Waals surface area contributed by atoms with Crippen molar-refractivity contribution < 1.29 is 9.13 Å². The maximum absolute atomic E-state index is 15.6. The minimum Gasteiger partial charge on any atom is -0.309 e. The predicted molar refractivity (Wildman–Crippen MR) is 181 cm³/mol. The van der Waals surface area contributed by atoms with Gasteiger partial charge >= 0.3 is 0 Å². The fraction of sp³-hybridized carbons (Fsp3) is 0.211. The summed E-state index contributed by atoms with van der Waals surface area (Å²) in [5.41, 5.74) is 6.01. The molecule has 2 heterocycles. The summed E-state index contributed by atoms with van der Waals surface area (Å²) in [6.07, 6.45) is 0. The van der Waals surface area contributed by atoms with Crippen LogP contribution in [-0.2, 0) is 20.0 Å². The van der Waals surface area contributed by atoms with Crippen LogP contribution >= 0.6 is 14.3 Å². The van der Waals surface area contributed by atoms with Gasteiger partial charge in [-0.3, -0.25) is 0 Å². The van der Waals surface area contributed by atoms with Crippen molar-refractivity contribution >= 4 is 46.1 Å². The van der Waals surface area contributed by atoms with E-state index >= 15 is 9.13 Å². The third-order valence-corrected chi connectivity index (χ3v) is 15.3. The summed E-state index contributed by atoms with van der Waals surface area (Å²) < 4.78 is 31.2. The SMILES string of the molecule is CC(C)(C)c1ccc2c(c1)[P@](=O)(c1ccccc1)c1cc3c(cc1-2)[P@](=O)(c1ccccc1)c1cc(C(C)(C)C)ccc1-3. The summed E-state index contributed by atoms with van der Waals surface area (Å²) in [7, 11) is -6.37. The van der Waals surface area contributed by atoms with Gasteiger partial charge in [-0.05, 0) is 68.5 Å². The highest BCUT2D eigenvalue weighted by molar-refractivity contribution is 7.87. The lowest BCUT2D eigenvalue weighted by atomic mass is 9.86. The Hall–Kier alpha value is -3.44. The molecule has 42 heavy (non-hydrogen) atoms. The van der Waals surface area contributed by atoms with Crippen molar-refractivity contribution in [3.05, 3.63) is 120 Å². The lowest BCUT2D eigenvalue weighted by molar-refractivity contribution is 0.588. The van der Waals surface area contributed by atoms with Gasteiger partial charge in [-0.25, -0.2) is 0 Å². The molecule has 0 saturated carbocycles. The number of hydrogen-bond acceptors (Lipinski definition) is 2. The smallest absolute Gasteiger partial charge is 0.172 e. The Kier molecular flexibility index (Phi) is 5.89. The van der Waals surface area contributed by atoms with Crippen molar-refractivity contribution in [1.82, 2.24) is 0 Å². The molecule has 5 aromatic rings. The molecule has 2 atom stereocenters. The Labute approximate surface area is 249 Å². The molecule has 210 valence electrons. The molecule has 0 amide bonds. The zero-order chi connectivity index (χ0) is 29.7. The van der Waals surface area contributed by atoms with Gasteiger partial charge in [0.1, 0.15) is 0 Å². The molecule has 0 radical (unpaired) electrons. The Balaban J connectivity index is 1.58. The third-order valence-electron chi connectivity index (χ3n) is 9.02. The van der Waals surface area contributed by atoms with E-state index in [9.17, 15) is 0 Å². The van der Waals surface area contributed by atoms with Gasteiger partial charge in [0.15, 0.2) is 14.3 Å². The zero-order valence-electron chi connectivity index (χ0n) is 25.1. The lowest BCUT2D eigenvalue weighted by Crippen LogP contribution is -2.24. The molecule has 2 aliphatic heterocycles. The molecule has 0 saturated heterocycles. The Morgan fingerprint density at radius 3 is 1.07 bits per heavy atom. The van der Waals surface area contributed by atoms with Crippen molar-refractivity contribution in [2.45, 2.75) is 52.4 Å². The topological polar surface area (TPSA) is 34.1 Å². The first-order chi connectivity index (χ1) is 19.8. The molecule has 0 spiro atoms. The normalized spacial score (nSPS) is 20.5. The maximum atomic E-state index is 15.6. The van der Waals surface area contributed by atoms with Crippen LogP contribution in [-0.4, -0.2) is 0 Å². The van der Waals surface area contributed by atoms with E-state index in [0.717, 1.165) is 65.2 Å². The molecule has 2 aliphatic rings. The summed E-state index contributed by atoms with van der Waals surface area (Å²) in [4.78, 5) is 0. The van der Waals surface area contributed by atoms with E-state index < -0.39 is 14.3 Å². The average molecular weight is 587 g/mol. The van der Waals surface area contributed by atoms with E-state index in [4.69, 9.17) is 0 Å². The van der Waals surface area contributed by atoms with E-state index in [0.29, 0.717) is 0 Å². The minimum absolute atomic E-state index is 0.0835. The first kappa shape index (κ1) is 27.4. The third kappa shape index (κ3) is 3.78. The molecule has 2 nitrogen and oxygen atoms in total. The summed E-state index contributed by atoms with van der Waals surface area (Å²) >= 11 is 0. The highest BCUT2D eigenvalue weighted by atomic mass is 31.2. The molecule has 0 aliphatic carbocycles. The van der Waals surface area contributed by atoms with Crippen molar-refractivity contribution in [1.29, 1.82) is 0 Å². The highest BCUT2D eigenvalue weighted by Gasteiger charge is 2.46. The summed E-state index contributed by atoms with van der Waals surface area (Å²) in [5, 5.41) is 5.14. The predicted octanol–water partition coefficient (Wildman–Crippen LogP) is 7.52. The van der Waals surface area contributed by atoms with Crippen LogP contribution in [0, 0.1) is 0 Å². The van der Waals surface area contributed by atoms with Crippen LogP contribution in [0.25, 0.3) is 22.3 Å². The van der Waals surface area contributed by atoms with Crippen LogP contribution in [0.2, 0.25) is 0 Å². The fourth-order valence-electron chi connectivity index (χ4n) is 6.59. The van der Waals surface area contributed by atoms with E-state index in [1.54, 1.807) is 0 Å². The zero-order valence-corrected chi connectivity index (χ0v) is 26.9. The van der Waals surface area contributed by atoms with Crippen molar-refractivity contribution in [3.8, 4) is 22.3 Å². The quantitative estimate of drug-likeness (QED) is 0.197. The second-order valence-corrected chi connectivity index (χ2v) is 19.1. The Morgan fingerprint density at radius 2 is 0.738 bits per heavy atom. The molecule has 0 aromatic heterocycles. The van der Waals surface area contributed by atoms with E-state index in [2.05, 4.69) is 90.1 Å². The van der Waals surface area contributed by atoms with Crippen LogP contribution < -0.4 is 31.8 Å². The molecular weight excluding hydrogens is 550 g/mol. The standard InChI is InChI=1S/C38H36O2P2/c1-37(2,3)25-17-19-29-31-23-36-32(24-35(31)41(39,33(29)21-25)27-13-9-7-10-14-27)30-20-18-26(38(4,5)6)22-34(30)42(36,40)28-15-11-8-12-16-28/h7-24H,1-6H3/t41-,42+. The van der Waals surface area contributed by atoms with E-state index in [1.807, 2.05) is 60.7 Å². The monoisotopic (exact) mass is 586 g/mol. The van der Waals surface area contributed by atoms with Crippen molar-refractivity contribution in [3.63, 3.8) is 0 Å². The van der Waals surface area contributed by atoms with Crippen LogP contribution in [0.4, 0.5) is 0 Å². The maximum Gasteiger partial charge on any atom is 0.172 e. The van der Waals surface area contributed by atoms with E-state index in [-0.39, 0.29) is 10.8 Å². The molecule has 0 N–H and O–H groups in total. The van der Waals surface area contributed by atoms with Crippen LogP contribution in [0.5, 0.6) is 0 Å². The summed E-state index contributed by atoms with van der Waals surface area (Å²) in [6, 6.07) is 37.0. The molecule has 0 fully saturated rings. The highest BCUT2D eigenvalue weighted by Crippen LogP contribution is 2.58. The number of hydrogen-bond donors (Lipinski definition) is 0. The van der Waals surface area contributed by atoms with Gasteiger partial charge in [0, 0.05) is 31.8 Å². The van der Waals surface area contributed by atoms with Crippen LogP contribution in [0.15, 0.2) is 109 Å². The number of fused-ring (bicyclic) bond motifs is 6. The van der Waals surface area contributed by atoms with Gasteiger partial charge in [-0.2, -0.15) is 0 Å². The van der Waals surface area contributed by atoms with Crippen LogP contribution in [0.3, 0.4) is 0 Å². The average Bonchev–Trinajstić information content (AvgIpc) is 3.38.